The summed E-state index contributed by atoms with van der Waals surface area (Å²) in [7, 11) is 1.64. The monoisotopic (exact) mass is 512 g/mol. The summed E-state index contributed by atoms with van der Waals surface area (Å²) in [4.78, 5) is 6.78. The number of pyridine rings is 1. The van der Waals surface area contributed by atoms with E-state index in [1.165, 1.54) is 0 Å². The number of benzene rings is 1. The molecule has 4 heterocycles. The zero-order valence-corrected chi connectivity index (χ0v) is 21.2. The average Bonchev–Trinajstić information content (AvgIpc) is 3.62. The van der Waals surface area contributed by atoms with Crippen LogP contribution in [0.1, 0.15) is 36.3 Å². The molecule has 3 atom stereocenters. The van der Waals surface area contributed by atoms with Gasteiger partial charge >= 0.3 is 0 Å². The minimum atomic E-state index is -0.127. The smallest absolute Gasteiger partial charge is 0.174 e. The zero-order chi connectivity index (χ0) is 24.2. The highest BCUT2D eigenvalue weighted by Gasteiger charge is 2.42. The summed E-state index contributed by atoms with van der Waals surface area (Å²) in [5, 5.41) is 4.66. The van der Waals surface area contributed by atoms with Gasteiger partial charge in [-0.25, -0.2) is 0 Å². The molecule has 0 unspecified atom stereocenters. The molecule has 9 heteroatoms. The number of methoxy groups -OCH3 is 1. The van der Waals surface area contributed by atoms with E-state index < -0.39 is 0 Å². The van der Waals surface area contributed by atoms with Gasteiger partial charge in [0.15, 0.2) is 5.11 Å². The Morgan fingerprint density at radius 1 is 1.20 bits per heavy atom. The molecule has 2 fully saturated rings. The van der Waals surface area contributed by atoms with Crippen LogP contribution in [-0.2, 0) is 16.0 Å². The minimum absolute atomic E-state index is 0.120. The van der Waals surface area contributed by atoms with Crippen LogP contribution in [0, 0.1) is 0 Å². The number of nitrogens with zero attached hydrogens (tertiary/aromatic N) is 3. The van der Waals surface area contributed by atoms with Gasteiger partial charge in [0.1, 0.15) is 18.4 Å². The molecular formula is C26H29ClN4O3S. The summed E-state index contributed by atoms with van der Waals surface area (Å²) in [5.74, 6) is 0.616. The fraction of sp³-hybridized carbons (Fsp3) is 0.385. The molecule has 0 spiro atoms. The third kappa shape index (κ3) is 5.16. The summed E-state index contributed by atoms with van der Waals surface area (Å²) in [6.45, 7) is 2.56. The lowest BCUT2D eigenvalue weighted by Crippen LogP contribution is -2.31. The number of hydrogen-bond acceptors (Lipinski definition) is 5. The number of halogens is 1. The van der Waals surface area contributed by atoms with Crippen LogP contribution in [0.2, 0.25) is 5.02 Å². The van der Waals surface area contributed by atoms with E-state index >= 15 is 0 Å². The number of rotatable bonds is 9. The number of anilines is 1. The molecule has 1 N–H and O–H groups in total. The molecule has 2 aliphatic heterocycles. The first-order chi connectivity index (χ1) is 17.2. The molecule has 0 amide bonds. The topological polar surface area (TPSA) is 60.8 Å². The molecule has 5 rings (SSSR count). The van der Waals surface area contributed by atoms with E-state index in [1.54, 1.807) is 7.11 Å². The van der Waals surface area contributed by atoms with E-state index in [1.807, 2.05) is 42.6 Å². The van der Waals surface area contributed by atoms with Crippen molar-refractivity contribution in [2.45, 2.75) is 37.6 Å². The Bertz CT molecular complexity index is 1150. The van der Waals surface area contributed by atoms with Gasteiger partial charge in [0.25, 0.3) is 0 Å². The third-order valence-corrected chi connectivity index (χ3v) is 7.04. The molecule has 0 bridgehead atoms. The van der Waals surface area contributed by atoms with E-state index in [9.17, 15) is 0 Å². The van der Waals surface area contributed by atoms with Gasteiger partial charge in [0.05, 0.1) is 29.5 Å². The highest BCUT2D eigenvalue weighted by molar-refractivity contribution is 7.80. The lowest BCUT2D eigenvalue weighted by Gasteiger charge is -2.29. The summed E-state index contributed by atoms with van der Waals surface area (Å²) < 4.78 is 19.0. The highest BCUT2D eigenvalue weighted by Crippen LogP contribution is 2.43. The van der Waals surface area contributed by atoms with Crippen LogP contribution in [0.4, 0.5) is 5.69 Å². The minimum Gasteiger partial charge on any atom is -0.490 e. The van der Waals surface area contributed by atoms with Gasteiger partial charge in [-0.2, -0.15) is 0 Å². The first-order valence-electron chi connectivity index (χ1n) is 11.8. The van der Waals surface area contributed by atoms with Crippen LogP contribution in [0.25, 0.3) is 0 Å². The molecule has 0 saturated carbocycles. The average molecular weight is 513 g/mol. The maximum Gasteiger partial charge on any atom is 0.174 e. The fourth-order valence-electron chi connectivity index (χ4n) is 4.79. The molecule has 0 radical (unpaired) electrons. The van der Waals surface area contributed by atoms with Crippen molar-refractivity contribution in [2.24, 2.45) is 0 Å². The van der Waals surface area contributed by atoms with Gasteiger partial charge in [-0.15, -0.1) is 0 Å². The standard InChI is InChI=1S/C26H29ClN4O3S/c1-32-14-15-34-23-10-9-18(16-20(23)27)31-25(24(29-26(31)35)21-7-2-3-11-28-21)22-8-4-12-30(22)17-19-6-5-13-33-19/h2-4,7-12,16,19,24-25H,5-6,13-15,17H2,1H3,(H,29,35)/t19-,24-,25-/m1/s1. The second-order valence-electron chi connectivity index (χ2n) is 8.67. The zero-order valence-electron chi connectivity index (χ0n) is 19.6. The maximum atomic E-state index is 6.61. The largest absolute Gasteiger partial charge is 0.490 e. The first-order valence-corrected chi connectivity index (χ1v) is 12.6. The van der Waals surface area contributed by atoms with E-state index in [0.717, 1.165) is 43.1 Å². The molecular weight excluding hydrogens is 484 g/mol. The van der Waals surface area contributed by atoms with Crippen LogP contribution >= 0.6 is 23.8 Å². The molecule has 2 aromatic heterocycles. The quantitative estimate of drug-likeness (QED) is 0.322. The predicted molar refractivity (Wildman–Crippen MR) is 140 cm³/mol. The number of nitrogens with one attached hydrogen (secondary N) is 1. The Balaban J connectivity index is 1.51. The van der Waals surface area contributed by atoms with Crippen LogP contribution in [0.5, 0.6) is 5.75 Å². The van der Waals surface area contributed by atoms with Gasteiger partial charge < -0.3 is 29.0 Å². The van der Waals surface area contributed by atoms with E-state index in [0.29, 0.717) is 29.1 Å². The van der Waals surface area contributed by atoms with Crippen molar-refractivity contribution in [3.63, 3.8) is 0 Å². The van der Waals surface area contributed by atoms with Crippen LogP contribution in [-0.4, -0.2) is 47.7 Å². The van der Waals surface area contributed by atoms with E-state index in [2.05, 4.69) is 38.1 Å². The van der Waals surface area contributed by atoms with Crippen molar-refractivity contribution in [2.75, 3.05) is 31.8 Å². The van der Waals surface area contributed by atoms with Crippen molar-refractivity contribution in [1.29, 1.82) is 0 Å². The van der Waals surface area contributed by atoms with Crippen molar-refractivity contribution < 1.29 is 14.2 Å². The predicted octanol–water partition coefficient (Wildman–Crippen LogP) is 4.92. The molecule has 184 valence electrons. The second kappa shape index (κ2) is 11.0. The molecule has 1 aromatic carbocycles. The van der Waals surface area contributed by atoms with Crippen molar-refractivity contribution in [3.05, 3.63) is 77.3 Å². The van der Waals surface area contributed by atoms with Crippen LogP contribution in [0.15, 0.2) is 60.9 Å². The third-order valence-electron chi connectivity index (χ3n) is 6.43. The summed E-state index contributed by atoms with van der Waals surface area (Å²) >= 11 is 12.5. The van der Waals surface area contributed by atoms with Crippen molar-refractivity contribution in [1.82, 2.24) is 14.9 Å². The normalized spacial score (nSPS) is 21.9. The summed E-state index contributed by atoms with van der Waals surface area (Å²) in [5.41, 5.74) is 2.96. The number of hydrogen-bond donors (Lipinski definition) is 1. The summed E-state index contributed by atoms with van der Waals surface area (Å²) in [6, 6.07) is 15.7. The van der Waals surface area contributed by atoms with E-state index in [-0.39, 0.29) is 18.2 Å². The Morgan fingerprint density at radius 3 is 2.86 bits per heavy atom. The van der Waals surface area contributed by atoms with Crippen LogP contribution in [0.3, 0.4) is 0 Å². The molecule has 7 nitrogen and oxygen atoms in total. The lowest BCUT2D eigenvalue weighted by atomic mass is 10.0. The van der Waals surface area contributed by atoms with Gasteiger partial charge in [-0.3, -0.25) is 4.98 Å². The van der Waals surface area contributed by atoms with Gasteiger partial charge in [0, 0.05) is 44.0 Å². The second-order valence-corrected chi connectivity index (χ2v) is 9.47. The SMILES string of the molecule is COCCOc1ccc(N2C(=S)N[C@H](c3ccccn3)[C@H]2c2cccn2C[C@H]2CCCO2)cc1Cl. The Labute approximate surface area is 215 Å². The summed E-state index contributed by atoms with van der Waals surface area (Å²) in [6.07, 6.45) is 6.34. The number of ether oxygens (including phenoxy) is 3. The number of thiocarbonyl (C=S) groups is 1. The first kappa shape index (κ1) is 24.1. The van der Waals surface area contributed by atoms with Gasteiger partial charge in [-0.05, 0) is 67.5 Å². The van der Waals surface area contributed by atoms with Crippen molar-refractivity contribution in [3.8, 4) is 5.75 Å². The van der Waals surface area contributed by atoms with Gasteiger partial charge in [0.2, 0.25) is 0 Å². The molecule has 3 aromatic rings. The Hall–Kier alpha value is -2.65. The molecule has 2 aliphatic rings. The molecule has 0 aliphatic carbocycles. The number of aromatic nitrogens is 2. The fourth-order valence-corrected chi connectivity index (χ4v) is 5.37. The van der Waals surface area contributed by atoms with Gasteiger partial charge in [-0.1, -0.05) is 17.7 Å². The maximum absolute atomic E-state index is 6.61. The van der Waals surface area contributed by atoms with Crippen molar-refractivity contribution >= 4 is 34.6 Å². The Morgan fingerprint density at radius 2 is 2.11 bits per heavy atom. The lowest BCUT2D eigenvalue weighted by molar-refractivity contribution is 0.0961. The molecule has 35 heavy (non-hydrogen) atoms. The van der Waals surface area contributed by atoms with Crippen LogP contribution < -0.4 is 15.0 Å². The Kier molecular flexibility index (Phi) is 7.53. The highest BCUT2D eigenvalue weighted by atomic mass is 35.5. The van der Waals surface area contributed by atoms with E-state index in [4.69, 9.17) is 38.0 Å². The molecule has 2 saturated heterocycles.